The number of hydrogen-bond acceptors (Lipinski definition) is 5. The van der Waals surface area contributed by atoms with Gasteiger partial charge < -0.3 is 15.4 Å². The molecule has 0 radical (unpaired) electrons. The lowest BCUT2D eigenvalue weighted by atomic mass is 10.4. The van der Waals surface area contributed by atoms with Crippen molar-refractivity contribution in [2.24, 2.45) is 0 Å². The number of rotatable bonds is 9. The van der Waals surface area contributed by atoms with Crippen molar-refractivity contribution in [3.8, 4) is 0 Å². The second kappa shape index (κ2) is 11.0. The number of carbonyl (C=O) groups excluding carboxylic acids is 1. The van der Waals surface area contributed by atoms with Crippen molar-refractivity contribution in [1.82, 2.24) is 10.6 Å². The van der Waals surface area contributed by atoms with Crippen LogP contribution in [-0.2, 0) is 4.74 Å². The number of nitrogens with one attached hydrogen (secondary N) is 2. The van der Waals surface area contributed by atoms with E-state index in [1.54, 1.807) is 21.6 Å². The van der Waals surface area contributed by atoms with E-state index in [0.29, 0.717) is 24.4 Å². The van der Waals surface area contributed by atoms with E-state index >= 15 is 0 Å². The van der Waals surface area contributed by atoms with Crippen molar-refractivity contribution < 1.29 is 9.53 Å². The Morgan fingerprint density at radius 3 is 2.53 bits per heavy atom. The van der Waals surface area contributed by atoms with Crippen LogP contribution in [0.2, 0.25) is 0 Å². The topological polar surface area (TPSA) is 50.4 Å². The molecule has 0 aliphatic carbocycles. The molecule has 0 aromatic rings. The summed E-state index contributed by atoms with van der Waals surface area (Å²) in [4.78, 5) is 11.2. The van der Waals surface area contributed by atoms with Crippen LogP contribution in [0.1, 0.15) is 27.7 Å². The van der Waals surface area contributed by atoms with Crippen molar-refractivity contribution in [2.45, 2.75) is 39.0 Å². The molecule has 0 unspecified atom stereocenters. The van der Waals surface area contributed by atoms with Crippen LogP contribution < -0.4 is 10.6 Å². The van der Waals surface area contributed by atoms with Gasteiger partial charge in [0.1, 0.15) is 6.61 Å². The van der Waals surface area contributed by atoms with Crippen LogP contribution >= 0.6 is 21.6 Å². The molecule has 0 atom stereocenters. The summed E-state index contributed by atoms with van der Waals surface area (Å²) in [7, 11) is 3.54. The van der Waals surface area contributed by atoms with Gasteiger partial charge in [0.2, 0.25) is 0 Å². The van der Waals surface area contributed by atoms with Gasteiger partial charge in [0, 0.05) is 30.1 Å². The van der Waals surface area contributed by atoms with Crippen LogP contribution in [0.3, 0.4) is 0 Å². The molecule has 0 fully saturated rings. The van der Waals surface area contributed by atoms with Gasteiger partial charge in [-0.1, -0.05) is 49.3 Å². The number of amides is 1. The number of ether oxygens (including phenoxy) is 1. The van der Waals surface area contributed by atoms with Crippen LogP contribution in [0, 0.1) is 0 Å². The third kappa shape index (κ3) is 13.9. The third-order valence-corrected chi connectivity index (χ3v) is 4.52. The van der Waals surface area contributed by atoms with E-state index in [4.69, 9.17) is 4.74 Å². The van der Waals surface area contributed by atoms with Gasteiger partial charge >= 0.3 is 6.09 Å². The lowest BCUT2D eigenvalue weighted by Gasteiger charge is -2.09. The SMILES string of the molecule is CC(C)NCCNC(=O)OCCSSC(C)C. The van der Waals surface area contributed by atoms with Crippen molar-refractivity contribution in [1.29, 1.82) is 0 Å². The van der Waals surface area contributed by atoms with Gasteiger partial charge in [-0.25, -0.2) is 4.79 Å². The highest BCUT2D eigenvalue weighted by molar-refractivity contribution is 8.76. The first-order valence-electron chi connectivity index (χ1n) is 5.94. The third-order valence-electron chi connectivity index (χ3n) is 1.61. The molecule has 0 bridgehead atoms. The molecule has 0 heterocycles. The van der Waals surface area contributed by atoms with Crippen LogP contribution in [-0.4, -0.2) is 42.8 Å². The number of carbonyl (C=O) groups is 1. The predicted molar refractivity (Wildman–Crippen MR) is 77.7 cm³/mol. The molecule has 102 valence electrons. The fraction of sp³-hybridized carbons (Fsp3) is 0.909. The summed E-state index contributed by atoms with van der Waals surface area (Å²) >= 11 is 0. The van der Waals surface area contributed by atoms with Crippen molar-refractivity contribution in [2.75, 3.05) is 25.4 Å². The van der Waals surface area contributed by atoms with Gasteiger partial charge in [0.25, 0.3) is 0 Å². The molecule has 1 amide bonds. The van der Waals surface area contributed by atoms with E-state index in [9.17, 15) is 4.79 Å². The standard InChI is InChI=1S/C11H24N2O2S2/c1-9(2)12-5-6-13-11(14)15-7-8-16-17-10(3)4/h9-10,12H,5-8H2,1-4H3,(H,13,14). The van der Waals surface area contributed by atoms with Crippen molar-refractivity contribution >= 4 is 27.7 Å². The minimum absolute atomic E-state index is 0.328. The van der Waals surface area contributed by atoms with Gasteiger partial charge in [-0.2, -0.15) is 0 Å². The molecule has 4 nitrogen and oxygen atoms in total. The summed E-state index contributed by atoms with van der Waals surface area (Å²) in [5.74, 6) is 0.834. The minimum atomic E-state index is -0.328. The largest absolute Gasteiger partial charge is 0.449 e. The van der Waals surface area contributed by atoms with Crippen LogP contribution in [0.15, 0.2) is 0 Å². The molecule has 2 N–H and O–H groups in total. The summed E-state index contributed by atoms with van der Waals surface area (Å²) in [6, 6.07) is 0.442. The molecule has 0 aliphatic heterocycles. The molecule has 6 heteroatoms. The molecule has 0 aromatic carbocycles. The normalized spacial score (nSPS) is 10.9. The second-order valence-electron chi connectivity index (χ2n) is 4.14. The zero-order valence-corrected chi connectivity index (χ0v) is 12.7. The molecular weight excluding hydrogens is 256 g/mol. The molecule has 0 rings (SSSR count). The van der Waals surface area contributed by atoms with Crippen molar-refractivity contribution in [3.05, 3.63) is 0 Å². The fourth-order valence-corrected chi connectivity index (χ4v) is 2.76. The van der Waals surface area contributed by atoms with Crippen LogP contribution in [0.25, 0.3) is 0 Å². The van der Waals surface area contributed by atoms with Gasteiger partial charge in [-0.05, 0) is 0 Å². The highest BCUT2D eigenvalue weighted by atomic mass is 33.1. The lowest BCUT2D eigenvalue weighted by Crippen LogP contribution is -2.35. The number of alkyl carbamates (subject to hydrolysis) is 1. The van der Waals surface area contributed by atoms with Crippen LogP contribution in [0.5, 0.6) is 0 Å². The monoisotopic (exact) mass is 280 g/mol. The molecule has 0 saturated heterocycles. The minimum Gasteiger partial charge on any atom is -0.449 e. The molecule has 0 saturated carbocycles. The quantitative estimate of drug-likeness (QED) is 0.502. The maximum Gasteiger partial charge on any atom is 0.407 e. The first-order valence-corrected chi connectivity index (χ1v) is 8.33. The van der Waals surface area contributed by atoms with E-state index in [-0.39, 0.29) is 6.09 Å². The predicted octanol–water partition coefficient (Wildman–Crippen LogP) is 2.50. The summed E-state index contributed by atoms with van der Waals surface area (Å²) in [6.07, 6.45) is -0.328. The van der Waals surface area contributed by atoms with E-state index < -0.39 is 0 Å². The second-order valence-corrected chi connectivity index (χ2v) is 7.20. The van der Waals surface area contributed by atoms with Gasteiger partial charge in [0.15, 0.2) is 0 Å². The zero-order chi connectivity index (χ0) is 13.1. The highest BCUT2D eigenvalue weighted by Crippen LogP contribution is 2.25. The van der Waals surface area contributed by atoms with Gasteiger partial charge in [0.05, 0.1) is 0 Å². The molecule has 0 aliphatic rings. The van der Waals surface area contributed by atoms with E-state index in [1.165, 1.54) is 0 Å². The van der Waals surface area contributed by atoms with Gasteiger partial charge in [-0.15, -0.1) is 0 Å². The zero-order valence-electron chi connectivity index (χ0n) is 11.1. The molecule has 17 heavy (non-hydrogen) atoms. The van der Waals surface area contributed by atoms with E-state index in [0.717, 1.165) is 12.3 Å². The van der Waals surface area contributed by atoms with Crippen LogP contribution in [0.4, 0.5) is 4.79 Å². The van der Waals surface area contributed by atoms with Gasteiger partial charge in [-0.3, -0.25) is 0 Å². The summed E-state index contributed by atoms with van der Waals surface area (Å²) in [6.45, 7) is 10.3. The maximum atomic E-state index is 11.2. The van der Waals surface area contributed by atoms with E-state index in [1.807, 2.05) is 0 Å². The maximum absolute atomic E-state index is 11.2. The Hall–Kier alpha value is -0.0700. The Morgan fingerprint density at radius 2 is 1.94 bits per heavy atom. The molecular formula is C11H24N2O2S2. The number of hydrogen-bond donors (Lipinski definition) is 2. The molecule has 0 spiro atoms. The lowest BCUT2D eigenvalue weighted by molar-refractivity contribution is 0.153. The first-order chi connectivity index (χ1) is 8.02. The Labute approximate surface area is 112 Å². The average Bonchev–Trinajstić information content (AvgIpc) is 2.23. The first kappa shape index (κ1) is 16.9. The Morgan fingerprint density at radius 1 is 1.24 bits per heavy atom. The summed E-state index contributed by atoms with van der Waals surface area (Å²) in [5.41, 5.74) is 0. The van der Waals surface area contributed by atoms with Crippen molar-refractivity contribution in [3.63, 3.8) is 0 Å². The molecule has 0 aromatic heterocycles. The summed E-state index contributed by atoms with van der Waals surface area (Å²) in [5, 5.41) is 6.52. The van der Waals surface area contributed by atoms with E-state index in [2.05, 4.69) is 38.3 Å². The average molecular weight is 280 g/mol. The Kier molecular flexibility index (Phi) is 11.0. The Bertz CT molecular complexity index is 202. The highest BCUT2D eigenvalue weighted by Gasteiger charge is 2.01. The fourth-order valence-electron chi connectivity index (χ4n) is 0.929. The Balaban J connectivity index is 3.23. The smallest absolute Gasteiger partial charge is 0.407 e. The summed E-state index contributed by atoms with van der Waals surface area (Å²) < 4.78 is 5.02.